The van der Waals surface area contributed by atoms with Crippen molar-refractivity contribution < 1.29 is 4.42 Å². The quantitative estimate of drug-likeness (QED) is 0.352. The lowest BCUT2D eigenvalue weighted by Crippen LogP contribution is -2.50. The van der Waals surface area contributed by atoms with Crippen LogP contribution in [0.3, 0.4) is 0 Å². The minimum atomic E-state index is 0. The molecule has 0 amide bonds. The summed E-state index contributed by atoms with van der Waals surface area (Å²) in [6, 6.07) is 4.80. The molecule has 1 aliphatic carbocycles. The van der Waals surface area contributed by atoms with Crippen LogP contribution >= 0.6 is 24.0 Å². The molecule has 160 valence electrons. The highest BCUT2D eigenvalue weighted by molar-refractivity contribution is 14.0. The van der Waals surface area contributed by atoms with Crippen molar-refractivity contribution in [3.8, 4) is 0 Å². The van der Waals surface area contributed by atoms with E-state index in [1.165, 1.54) is 32.1 Å². The van der Waals surface area contributed by atoms with Crippen LogP contribution in [0.2, 0.25) is 0 Å². The topological polar surface area (TPSA) is 80.3 Å². The third kappa shape index (κ3) is 6.20. The summed E-state index contributed by atoms with van der Waals surface area (Å²) in [6.45, 7) is 3.68. The minimum absolute atomic E-state index is 0. The lowest BCUT2D eigenvalue weighted by molar-refractivity contribution is 0.378. The van der Waals surface area contributed by atoms with Gasteiger partial charge in [0.05, 0.1) is 12.8 Å². The van der Waals surface area contributed by atoms with Crippen molar-refractivity contribution in [1.29, 1.82) is 0 Å². The molecule has 0 bridgehead atoms. The molecule has 2 aromatic rings. The van der Waals surface area contributed by atoms with Crippen LogP contribution < -0.4 is 10.6 Å². The molecule has 1 saturated carbocycles. The summed E-state index contributed by atoms with van der Waals surface area (Å²) in [4.78, 5) is 9.48. The van der Waals surface area contributed by atoms with Gasteiger partial charge in [0.15, 0.2) is 11.8 Å². The van der Waals surface area contributed by atoms with E-state index in [1.54, 1.807) is 6.26 Å². The van der Waals surface area contributed by atoms with Crippen LogP contribution in [0.4, 0.5) is 0 Å². The first kappa shape index (κ1) is 22.1. The highest BCUT2D eigenvalue weighted by Gasteiger charge is 2.23. The Bertz CT molecular complexity index is 766. The summed E-state index contributed by atoms with van der Waals surface area (Å²) >= 11 is 0. The molecule has 4 rings (SSSR count). The highest BCUT2D eigenvalue weighted by Crippen LogP contribution is 2.18. The number of aryl methyl sites for hydroxylation is 2. The second-order valence-corrected chi connectivity index (χ2v) is 7.90. The minimum Gasteiger partial charge on any atom is -0.469 e. The molecule has 3 heterocycles. The standard InChI is InChI=1S/C21H32N6O.HI/c1-2-19-25-20-11-10-17(15-27(20)26-19)24-21(23-16-7-4-3-5-8-16)22-13-12-18-9-6-14-28-18;/h6,9,14,16-17H,2-5,7-8,10-13,15H2,1H3,(H2,22,23,24);1H. The zero-order chi connectivity index (χ0) is 19.2. The zero-order valence-electron chi connectivity index (χ0n) is 17.3. The summed E-state index contributed by atoms with van der Waals surface area (Å²) in [7, 11) is 0. The van der Waals surface area contributed by atoms with Gasteiger partial charge in [0, 0.05) is 37.9 Å². The van der Waals surface area contributed by atoms with Gasteiger partial charge in [-0.3, -0.25) is 4.99 Å². The number of hydrogen-bond acceptors (Lipinski definition) is 4. The van der Waals surface area contributed by atoms with Crippen molar-refractivity contribution >= 4 is 29.9 Å². The molecule has 7 nitrogen and oxygen atoms in total. The van der Waals surface area contributed by atoms with E-state index in [-0.39, 0.29) is 24.0 Å². The molecule has 1 aliphatic heterocycles. The molecule has 0 spiro atoms. The maximum absolute atomic E-state index is 5.44. The largest absolute Gasteiger partial charge is 0.469 e. The maximum atomic E-state index is 5.44. The summed E-state index contributed by atoms with van der Waals surface area (Å²) in [5, 5.41) is 12.0. The van der Waals surface area contributed by atoms with E-state index in [4.69, 9.17) is 9.41 Å². The fraction of sp³-hybridized carbons (Fsp3) is 0.667. The van der Waals surface area contributed by atoms with Crippen LogP contribution in [0.25, 0.3) is 0 Å². The van der Waals surface area contributed by atoms with E-state index < -0.39 is 0 Å². The molecule has 2 N–H and O–H groups in total. The van der Waals surface area contributed by atoms with Gasteiger partial charge in [-0.05, 0) is 31.4 Å². The van der Waals surface area contributed by atoms with Gasteiger partial charge in [0.2, 0.25) is 0 Å². The van der Waals surface area contributed by atoms with Crippen molar-refractivity contribution in [1.82, 2.24) is 25.4 Å². The first-order valence-corrected chi connectivity index (χ1v) is 10.8. The van der Waals surface area contributed by atoms with Crippen molar-refractivity contribution in [3.05, 3.63) is 35.8 Å². The average Bonchev–Trinajstić information content (AvgIpc) is 3.37. The Hall–Kier alpha value is -1.58. The van der Waals surface area contributed by atoms with Crippen LogP contribution in [0, 0.1) is 0 Å². The van der Waals surface area contributed by atoms with E-state index in [9.17, 15) is 0 Å². The van der Waals surface area contributed by atoms with E-state index in [2.05, 4.69) is 32.3 Å². The fourth-order valence-corrected chi connectivity index (χ4v) is 4.13. The molecule has 0 aromatic carbocycles. The summed E-state index contributed by atoms with van der Waals surface area (Å²) in [6.07, 6.45) is 11.9. The summed E-state index contributed by atoms with van der Waals surface area (Å²) in [5.74, 6) is 3.98. The number of furan rings is 1. The van der Waals surface area contributed by atoms with Crippen LogP contribution in [0.5, 0.6) is 0 Å². The van der Waals surface area contributed by atoms with Gasteiger partial charge in [-0.25, -0.2) is 9.67 Å². The lowest BCUT2D eigenvalue weighted by Gasteiger charge is -2.29. The molecule has 1 unspecified atom stereocenters. The molecule has 2 aliphatic rings. The van der Waals surface area contributed by atoms with Crippen molar-refractivity contribution in [2.24, 2.45) is 4.99 Å². The Labute approximate surface area is 190 Å². The van der Waals surface area contributed by atoms with Gasteiger partial charge < -0.3 is 15.1 Å². The molecule has 0 saturated heterocycles. The predicted molar refractivity (Wildman–Crippen MR) is 125 cm³/mol. The molecule has 8 heteroatoms. The molecule has 2 aromatic heterocycles. The van der Waals surface area contributed by atoms with Gasteiger partial charge in [0.25, 0.3) is 0 Å². The van der Waals surface area contributed by atoms with Crippen LogP contribution in [0.1, 0.15) is 62.9 Å². The third-order valence-electron chi connectivity index (χ3n) is 5.71. The smallest absolute Gasteiger partial charge is 0.191 e. The van der Waals surface area contributed by atoms with Crippen molar-refractivity contribution in [2.75, 3.05) is 6.54 Å². The Morgan fingerprint density at radius 3 is 2.79 bits per heavy atom. The Kier molecular flexibility index (Phi) is 8.38. The number of aromatic nitrogens is 3. The molecule has 1 atom stereocenters. The van der Waals surface area contributed by atoms with E-state index in [0.717, 1.165) is 62.1 Å². The number of guanidine groups is 1. The Balaban J connectivity index is 0.00000240. The van der Waals surface area contributed by atoms with Gasteiger partial charge in [-0.15, -0.1) is 24.0 Å². The molecule has 1 fully saturated rings. The number of halogens is 1. The first-order chi connectivity index (χ1) is 13.8. The fourth-order valence-electron chi connectivity index (χ4n) is 4.13. The zero-order valence-corrected chi connectivity index (χ0v) is 19.6. The van der Waals surface area contributed by atoms with Crippen LogP contribution in [-0.2, 0) is 25.8 Å². The number of hydrogen-bond donors (Lipinski definition) is 2. The Morgan fingerprint density at radius 2 is 2.03 bits per heavy atom. The SMILES string of the molecule is CCc1nc2n(n1)CC(NC(=NCCc1ccco1)NC1CCCCC1)CC2.I. The van der Waals surface area contributed by atoms with E-state index >= 15 is 0 Å². The molecule has 0 radical (unpaired) electrons. The summed E-state index contributed by atoms with van der Waals surface area (Å²) < 4.78 is 7.51. The number of rotatable bonds is 6. The second-order valence-electron chi connectivity index (χ2n) is 7.90. The highest BCUT2D eigenvalue weighted by atomic mass is 127. The first-order valence-electron chi connectivity index (χ1n) is 10.8. The lowest BCUT2D eigenvalue weighted by atomic mass is 9.96. The average molecular weight is 512 g/mol. The van der Waals surface area contributed by atoms with Crippen molar-refractivity contribution in [3.63, 3.8) is 0 Å². The number of aliphatic imine (C=N–C) groups is 1. The van der Waals surface area contributed by atoms with Gasteiger partial charge >= 0.3 is 0 Å². The maximum Gasteiger partial charge on any atom is 0.191 e. The molecular formula is C21H33IN6O. The predicted octanol–water partition coefficient (Wildman–Crippen LogP) is 3.48. The van der Waals surface area contributed by atoms with Crippen LogP contribution in [-0.4, -0.2) is 39.4 Å². The normalized spacial score (nSPS) is 20.0. The Morgan fingerprint density at radius 1 is 1.21 bits per heavy atom. The summed E-state index contributed by atoms with van der Waals surface area (Å²) in [5.41, 5.74) is 0. The van der Waals surface area contributed by atoms with Gasteiger partial charge in [-0.1, -0.05) is 26.2 Å². The van der Waals surface area contributed by atoms with E-state index in [1.807, 2.05) is 12.1 Å². The second kappa shape index (κ2) is 11.0. The van der Waals surface area contributed by atoms with Gasteiger partial charge in [0.1, 0.15) is 11.6 Å². The monoisotopic (exact) mass is 512 g/mol. The molecule has 29 heavy (non-hydrogen) atoms. The van der Waals surface area contributed by atoms with Gasteiger partial charge in [-0.2, -0.15) is 5.10 Å². The number of nitrogens with one attached hydrogen (secondary N) is 2. The van der Waals surface area contributed by atoms with E-state index in [0.29, 0.717) is 12.1 Å². The third-order valence-corrected chi connectivity index (χ3v) is 5.71. The number of fused-ring (bicyclic) bond motifs is 1. The van der Waals surface area contributed by atoms with Crippen LogP contribution in [0.15, 0.2) is 27.8 Å². The molecular weight excluding hydrogens is 479 g/mol. The number of nitrogens with zero attached hydrogens (tertiary/aromatic N) is 4. The van der Waals surface area contributed by atoms with Crippen molar-refractivity contribution in [2.45, 2.75) is 83.3 Å².